The van der Waals surface area contributed by atoms with Gasteiger partial charge in [0.25, 0.3) is 5.91 Å². The highest BCUT2D eigenvalue weighted by Gasteiger charge is 2.29. The number of benzene rings is 3. The largest absolute Gasteiger partial charge is 0.475 e. The Balaban J connectivity index is 1.38. The predicted octanol–water partition coefficient (Wildman–Crippen LogP) is 5.96. The summed E-state index contributed by atoms with van der Waals surface area (Å²) in [5.74, 6) is -0.166. The Labute approximate surface area is 230 Å². The molecule has 0 atom stereocenters. The molecular formula is C31H27F2N5O2. The van der Waals surface area contributed by atoms with Gasteiger partial charge in [-0.2, -0.15) is 5.10 Å². The molecule has 0 aliphatic carbocycles. The van der Waals surface area contributed by atoms with Crippen molar-refractivity contribution in [2.24, 2.45) is 7.05 Å². The minimum Gasteiger partial charge on any atom is -0.475 e. The van der Waals surface area contributed by atoms with Gasteiger partial charge in [0.1, 0.15) is 11.6 Å². The number of aromatic nitrogens is 4. The zero-order chi connectivity index (χ0) is 28.0. The molecular weight excluding hydrogens is 512 g/mol. The Morgan fingerprint density at radius 2 is 1.48 bits per heavy atom. The van der Waals surface area contributed by atoms with E-state index >= 15 is 0 Å². The molecule has 40 heavy (non-hydrogen) atoms. The van der Waals surface area contributed by atoms with Crippen molar-refractivity contribution in [3.63, 3.8) is 0 Å². The van der Waals surface area contributed by atoms with Crippen LogP contribution in [0.1, 0.15) is 35.5 Å². The number of ether oxygens (including phenoxy) is 1. The van der Waals surface area contributed by atoms with E-state index in [0.717, 1.165) is 11.3 Å². The fourth-order valence-corrected chi connectivity index (χ4v) is 5.01. The van der Waals surface area contributed by atoms with Crippen LogP contribution in [0.5, 0.6) is 5.88 Å². The Morgan fingerprint density at radius 3 is 2.08 bits per heavy atom. The fourth-order valence-electron chi connectivity index (χ4n) is 5.01. The van der Waals surface area contributed by atoms with E-state index in [0.29, 0.717) is 64.5 Å². The van der Waals surface area contributed by atoms with Gasteiger partial charge < -0.3 is 9.64 Å². The van der Waals surface area contributed by atoms with E-state index in [1.165, 1.54) is 24.3 Å². The SMILES string of the molecule is CC(C)Oc1c2c(nn1C)CCN(C(=O)c1ccc3nc(-c4ccc(F)cc4)c(-c4ccc(F)cc4)nc3c1)C2. The van der Waals surface area contributed by atoms with Gasteiger partial charge in [-0.05, 0) is 80.6 Å². The third-order valence-electron chi connectivity index (χ3n) is 6.92. The predicted molar refractivity (Wildman–Crippen MR) is 148 cm³/mol. The molecule has 1 aliphatic rings. The minimum atomic E-state index is -0.367. The number of aryl methyl sites for hydroxylation is 1. The maximum Gasteiger partial charge on any atom is 0.254 e. The number of nitrogens with zero attached hydrogens (tertiary/aromatic N) is 5. The Bertz CT molecular complexity index is 1730. The van der Waals surface area contributed by atoms with Crippen LogP contribution in [-0.2, 0) is 20.0 Å². The van der Waals surface area contributed by atoms with Crippen LogP contribution in [0.4, 0.5) is 8.78 Å². The zero-order valence-corrected chi connectivity index (χ0v) is 22.4. The van der Waals surface area contributed by atoms with Crippen LogP contribution >= 0.6 is 0 Å². The first-order chi connectivity index (χ1) is 19.3. The van der Waals surface area contributed by atoms with Crippen molar-refractivity contribution < 1.29 is 18.3 Å². The molecule has 0 saturated heterocycles. The smallest absolute Gasteiger partial charge is 0.254 e. The number of hydrogen-bond acceptors (Lipinski definition) is 5. The third-order valence-corrected chi connectivity index (χ3v) is 6.92. The topological polar surface area (TPSA) is 73.1 Å². The number of hydrogen-bond donors (Lipinski definition) is 0. The van der Waals surface area contributed by atoms with Gasteiger partial charge in [0.2, 0.25) is 5.88 Å². The van der Waals surface area contributed by atoms with Crippen LogP contribution < -0.4 is 4.74 Å². The van der Waals surface area contributed by atoms with Crippen LogP contribution in [0.15, 0.2) is 66.7 Å². The van der Waals surface area contributed by atoms with Crippen LogP contribution in [-0.4, -0.2) is 43.2 Å². The first-order valence-electron chi connectivity index (χ1n) is 13.1. The lowest BCUT2D eigenvalue weighted by molar-refractivity contribution is 0.0732. The molecule has 1 amide bonds. The van der Waals surface area contributed by atoms with Crippen molar-refractivity contribution in [2.75, 3.05) is 6.54 Å². The maximum atomic E-state index is 13.7. The highest BCUT2D eigenvalue weighted by Crippen LogP contribution is 2.33. The summed E-state index contributed by atoms with van der Waals surface area (Å²) in [6.07, 6.45) is 0.624. The van der Waals surface area contributed by atoms with E-state index < -0.39 is 0 Å². The molecule has 3 aromatic carbocycles. The summed E-state index contributed by atoms with van der Waals surface area (Å²) in [6, 6.07) is 17.2. The van der Waals surface area contributed by atoms with Gasteiger partial charge in [0.05, 0.1) is 46.3 Å². The Hall–Kier alpha value is -4.66. The molecule has 0 fully saturated rings. The molecule has 7 nitrogen and oxygen atoms in total. The number of carbonyl (C=O) groups is 1. The lowest BCUT2D eigenvalue weighted by Gasteiger charge is -2.27. The minimum absolute atomic E-state index is 0.0141. The van der Waals surface area contributed by atoms with E-state index in [9.17, 15) is 13.6 Å². The molecule has 2 aromatic heterocycles. The summed E-state index contributed by atoms with van der Waals surface area (Å²) in [7, 11) is 1.85. The standard InChI is InChI=1S/C31H27F2N5O2/c1-18(2)40-31-24-17-38(15-14-25(24)36-37(31)3)30(39)21-8-13-26-27(16-21)35-29(20-6-11-23(33)12-7-20)28(34-26)19-4-9-22(32)10-5-19/h4-13,16,18H,14-15,17H2,1-3H3. The second kappa shape index (κ2) is 10.1. The summed E-state index contributed by atoms with van der Waals surface area (Å²) in [5, 5.41) is 4.58. The molecule has 1 aliphatic heterocycles. The summed E-state index contributed by atoms with van der Waals surface area (Å²) in [6.45, 7) is 4.86. The van der Waals surface area contributed by atoms with Crippen molar-refractivity contribution in [2.45, 2.75) is 32.9 Å². The molecule has 5 aromatic rings. The quantitative estimate of drug-likeness (QED) is 0.276. The molecule has 0 N–H and O–H groups in total. The van der Waals surface area contributed by atoms with Crippen molar-refractivity contribution >= 4 is 16.9 Å². The molecule has 0 spiro atoms. The second-order valence-corrected chi connectivity index (χ2v) is 10.1. The molecule has 9 heteroatoms. The summed E-state index contributed by atoms with van der Waals surface area (Å²) < 4.78 is 35.1. The average Bonchev–Trinajstić information content (AvgIpc) is 3.26. The molecule has 3 heterocycles. The highest BCUT2D eigenvalue weighted by atomic mass is 19.1. The van der Waals surface area contributed by atoms with Gasteiger partial charge >= 0.3 is 0 Å². The van der Waals surface area contributed by atoms with E-state index in [1.807, 2.05) is 20.9 Å². The van der Waals surface area contributed by atoms with Crippen molar-refractivity contribution in [1.29, 1.82) is 0 Å². The van der Waals surface area contributed by atoms with Crippen molar-refractivity contribution in [1.82, 2.24) is 24.6 Å². The van der Waals surface area contributed by atoms with E-state index in [2.05, 4.69) is 5.10 Å². The Morgan fingerprint density at radius 1 is 0.875 bits per heavy atom. The number of rotatable bonds is 5. The summed E-state index contributed by atoms with van der Waals surface area (Å²) >= 11 is 0. The molecule has 202 valence electrons. The van der Waals surface area contributed by atoms with Crippen LogP contribution in [0.25, 0.3) is 33.5 Å². The summed E-state index contributed by atoms with van der Waals surface area (Å²) in [4.78, 5) is 25.1. The van der Waals surface area contributed by atoms with Crippen LogP contribution in [0.2, 0.25) is 0 Å². The van der Waals surface area contributed by atoms with Gasteiger partial charge in [0.15, 0.2) is 0 Å². The number of fused-ring (bicyclic) bond motifs is 2. The highest BCUT2D eigenvalue weighted by molar-refractivity contribution is 5.98. The van der Waals surface area contributed by atoms with Crippen molar-refractivity contribution in [3.8, 4) is 28.4 Å². The van der Waals surface area contributed by atoms with E-state index in [1.54, 1.807) is 52.0 Å². The Kier molecular flexibility index (Phi) is 6.50. The third kappa shape index (κ3) is 4.79. The normalized spacial score (nSPS) is 13.1. The van der Waals surface area contributed by atoms with Gasteiger partial charge in [0, 0.05) is 36.7 Å². The van der Waals surface area contributed by atoms with E-state index in [-0.39, 0.29) is 23.6 Å². The molecule has 6 rings (SSSR count). The van der Waals surface area contributed by atoms with Gasteiger partial charge in [-0.25, -0.2) is 23.4 Å². The van der Waals surface area contributed by atoms with Gasteiger partial charge in [-0.1, -0.05) is 0 Å². The van der Waals surface area contributed by atoms with Crippen LogP contribution in [0, 0.1) is 11.6 Å². The second-order valence-electron chi connectivity index (χ2n) is 10.1. The molecule has 0 unspecified atom stereocenters. The van der Waals surface area contributed by atoms with Crippen LogP contribution in [0.3, 0.4) is 0 Å². The number of amides is 1. The molecule has 0 saturated carbocycles. The first kappa shape index (κ1) is 25.6. The lowest BCUT2D eigenvalue weighted by Crippen LogP contribution is -2.36. The summed E-state index contributed by atoms with van der Waals surface area (Å²) in [5.41, 5.74) is 5.86. The molecule has 0 radical (unpaired) electrons. The number of halogens is 2. The van der Waals surface area contributed by atoms with Gasteiger partial charge in [-0.3, -0.25) is 4.79 Å². The fraction of sp³-hybridized carbons (Fsp3) is 0.226. The lowest BCUT2D eigenvalue weighted by atomic mass is 10.0. The number of carbonyl (C=O) groups excluding carboxylic acids is 1. The monoisotopic (exact) mass is 539 g/mol. The molecule has 0 bridgehead atoms. The average molecular weight is 540 g/mol. The first-order valence-corrected chi connectivity index (χ1v) is 13.1. The van der Waals surface area contributed by atoms with E-state index in [4.69, 9.17) is 14.7 Å². The van der Waals surface area contributed by atoms with Crippen molar-refractivity contribution in [3.05, 3.63) is 95.2 Å². The maximum absolute atomic E-state index is 13.7. The van der Waals surface area contributed by atoms with Gasteiger partial charge in [-0.15, -0.1) is 0 Å². The zero-order valence-electron chi connectivity index (χ0n) is 22.4.